The van der Waals surface area contributed by atoms with Gasteiger partial charge in [0.25, 0.3) is 0 Å². The Labute approximate surface area is 147 Å². The van der Waals surface area contributed by atoms with Crippen molar-refractivity contribution in [3.63, 3.8) is 0 Å². The maximum Gasteiger partial charge on any atom is 0.167 e. The Morgan fingerprint density at radius 1 is 0.960 bits per heavy atom. The maximum absolute atomic E-state index is 14.2. The van der Waals surface area contributed by atoms with Crippen molar-refractivity contribution in [1.29, 1.82) is 0 Å². The Morgan fingerprint density at radius 2 is 1.80 bits per heavy atom. The van der Waals surface area contributed by atoms with Crippen LogP contribution in [-0.4, -0.2) is 19.9 Å². The summed E-state index contributed by atoms with van der Waals surface area (Å²) < 4.78 is 14.2. The lowest BCUT2D eigenvalue weighted by molar-refractivity contribution is 0.630. The molecule has 25 heavy (non-hydrogen) atoms. The van der Waals surface area contributed by atoms with E-state index in [1.807, 2.05) is 18.2 Å². The number of aromatic nitrogens is 4. The van der Waals surface area contributed by atoms with Crippen LogP contribution in [0.15, 0.2) is 61.1 Å². The highest BCUT2D eigenvalue weighted by atomic mass is 35.5. The molecule has 1 aromatic carbocycles. The standard InChI is InChI=1S/C18H11ClFN5/c19-11-3-4-15(20)14(10-11)18-24-16-13(2-1-7-22-16)17(25-18)23-12-5-8-21-9-6-12/h1-10H,(H,21,22,23,24,25). The lowest BCUT2D eigenvalue weighted by Gasteiger charge is -2.11. The van der Waals surface area contributed by atoms with Crippen molar-refractivity contribution < 1.29 is 4.39 Å². The van der Waals surface area contributed by atoms with Crippen LogP contribution in [0.1, 0.15) is 0 Å². The Bertz CT molecular complexity index is 1060. The summed E-state index contributed by atoms with van der Waals surface area (Å²) in [6.07, 6.45) is 4.96. The second kappa shape index (κ2) is 6.41. The van der Waals surface area contributed by atoms with Gasteiger partial charge in [-0.3, -0.25) is 4.98 Å². The van der Waals surface area contributed by atoms with Gasteiger partial charge in [0.1, 0.15) is 11.6 Å². The van der Waals surface area contributed by atoms with Crippen molar-refractivity contribution in [2.75, 3.05) is 5.32 Å². The van der Waals surface area contributed by atoms with Gasteiger partial charge in [0.15, 0.2) is 11.5 Å². The second-order valence-corrected chi connectivity index (χ2v) is 5.69. The van der Waals surface area contributed by atoms with Gasteiger partial charge in [0.05, 0.1) is 10.9 Å². The fourth-order valence-electron chi connectivity index (χ4n) is 2.42. The van der Waals surface area contributed by atoms with Crippen LogP contribution in [0.2, 0.25) is 5.02 Å². The summed E-state index contributed by atoms with van der Waals surface area (Å²) in [5.41, 5.74) is 1.48. The lowest BCUT2D eigenvalue weighted by Crippen LogP contribution is -2.01. The molecule has 0 aliphatic heterocycles. The molecular weight excluding hydrogens is 341 g/mol. The zero-order valence-electron chi connectivity index (χ0n) is 12.8. The molecule has 0 bridgehead atoms. The smallest absolute Gasteiger partial charge is 0.167 e. The van der Waals surface area contributed by atoms with Gasteiger partial charge >= 0.3 is 0 Å². The number of halogens is 2. The molecule has 7 heteroatoms. The first-order valence-electron chi connectivity index (χ1n) is 7.46. The number of benzene rings is 1. The zero-order chi connectivity index (χ0) is 17.2. The number of hydrogen-bond donors (Lipinski definition) is 1. The summed E-state index contributed by atoms with van der Waals surface area (Å²) in [4.78, 5) is 17.1. The molecule has 0 saturated heterocycles. The number of pyridine rings is 2. The molecule has 4 aromatic rings. The minimum atomic E-state index is -0.449. The topological polar surface area (TPSA) is 63.6 Å². The van der Waals surface area contributed by atoms with Gasteiger partial charge < -0.3 is 5.32 Å². The maximum atomic E-state index is 14.2. The van der Waals surface area contributed by atoms with Crippen molar-refractivity contribution >= 4 is 34.1 Å². The van der Waals surface area contributed by atoms with Crippen LogP contribution in [0.3, 0.4) is 0 Å². The van der Waals surface area contributed by atoms with Gasteiger partial charge in [-0.15, -0.1) is 0 Å². The number of rotatable bonds is 3. The van der Waals surface area contributed by atoms with Crippen LogP contribution in [0.25, 0.3) is 22.4 Å². The van der Waals surface area contributed by atoms with Gasteiger partial charge in [0.2, 0.25) is 0 Å². The molecule has 0 saturated carbocycles. The average Bonchev–Trinajstić information content (AvgIpc) is 2.64. The largest absolute Gasteiger partial charge is 0.339 e. The minimum absolute atomic E-state index is 0.211. The molecule has 0 atom stereocenters. The molecule has 0 unspecified atom stereocenters. The van der Waals surface area contributed by atoms with E-state index in [0.717, 1.165) is 11.1 Å². The summed E-state index contributed by atoms with van der Waals surface area (Å²) >= 11 is 5.99. The lowest BCUT2D eigenvalue weighted by atomic mass is 10.2. The molecule has 0 spiro atoms. The number of anilines is 2. The van der Waals surface area contributed by atoms with Crippen molar-refractivity contribution in [2.45, 2.75) is 0 Å². The van der Waals surface area contributed by atoms with E-state index in [0.29, 0.717) is 16.5 Å². The van der Waals surface area contributed by atoms with E-state index in [4.69, 9.17) is 11.6 Å². The first-order chi connectivity index (χ1) is 12.2. The highest BCUT2D eigenvalue weighted by molar-refractivity contribution is 6.30. The van der Waals surface area contributed by atoms with E-state index in [1.54, 1.807) is 24.7 Å². The third kappa shape index (κ3) is 3.12. The Balaban J connectivity index is 1.91. The first kappa shape index (κ1) is 15.4. The molecule has 3 heterocycles. The molecule has 0 fully saturated rings. The molecule has 4 rings (SSSR count). The van der Waals surface area contributed by atoms with Crippen molar-refractivity contribution in [1.82, 2.24) is 19.9 Å². The monoisotopic (exact) mass is 351 g/mol. The Hall–Kier alpha value is -3.12. The Morgan fingerprint density at radius 3 is 2.64 bits per heavy atom. The third-order valence-electron chi connectivity index (χ3n) is 3.58. The van der Waals surface area contributed by atoms with Crippen LogP contribution in [-0.2, 0) is 0 Å². The van der Waals surface area contributed by atoms with Gasteiger partial charge in [0, 0.05) is 29.3 Å². The predicted molar refractivity (Wildman–Crippen MR) is 95.3 cm³/mol. The van der Waals surface area contributed by atoms with Crippen molar-refractivity contribution in [3.05, 3.63) is 71.9 Å². The molecule has 0 aliphatic rings. The van der Waals surface area contributed by atoms with Crippen LogP contribution in [0.4, 0.5) is 15.9 Å². The third-order valence-corrected chi connectivity index (χ3v) is 3.82. The molecule has 1 N–H and O–H groups in total. The van der Waals surface area contributed by atoms with Crippen molar-refractivity contribution in [3.8, 4) is 11.4 Å². The fourth-order valence-corrected chi connectivity index (χ4v) is 2.59. The molecule has 0 aliphatic carbocycles. The summed E-state index contributed by atoms with van der Waals surface area (Å²) in [5, 5.41) is 4.34. The van der Waals surface area contributed by atoms with Crippen LogP contribution in [0, 0.1) is 5.82 Å². The predicted octanol–water partition coefficient (Wildman–Crippen LogP) is 4.62. The first-order valence-corrected chi connectivity index (χ1v) is 7.84. The molecule has 5 nitrogen and oxygen atoms in total. The molecule has 0 amide bonds. The number of fused-ring (bicyclic) bond motifs is 1. The normalized spacial score (nSPS) is 10.8. The molecule has 0 radical (unpaired) electrons. The van der Waals surface area contributed by atoms with Gasteiger partial charge in [-0.2, -0.15) is 0 Å². The zero-order valence-corrected chi connectivity index (χ0v) is 13.6. The van der Waals surface area contributed by atoms with E-state index in [-0.39, 0.29) is 11.4 Å². The van der Waals surface area contributed by atoms with Gasteiger partial charge in [-0.1, -0.05) is 11.6 Å². The molecule has 3 aromatic heterocycles. The van der Waals surface area contributed by atoms with E-state index >= 15 is 0 Å². The number of nitrogens with zero attached hydrogens (tertiary/aromatic N) is 4. The summed E-state index contributed by atoms with van der Waals surface area (Å²) in [6.45, 7) is 0. The highest BCUT2D eigenvalue weighted by Gasteiger charge is 2.14. The highest BCUT2D eigenvalue weighted by Crippen LogP contribution is 2.28. The van der Waals surface area contributed by atoms with Crippen LogP contribution >= 0.6 is 11.6 Å². The Kier molecular flexibility index (Phi) is 3.95. The number of nitrogens with one attached hydrogen (secondary N) is 1. The minimum Gasteiger partial charge on any atom is -0.339 e. The molecular formula is C18H11ClFN5. The average molecular weight is 352 g/mol. The quantitative estimate of drug-likeness (QED) is 0.583. The van der Waals surface area contributed by atoms with Gasteiger partial charge in [-0.25, -0.2) is 19.3 Å². The van der Waals surface area contributed by atoms with E-state index in [1.165, 1.54) is 18.2 Å². The second-order valence-electron chi connectivity index (χ2n) is 5.26. The molecule has 122 valence electrons. The summed E-state index contributed by atoms with van der Waals surface area (Å²) in [5.74, 6) is 0.288. The SMILES string of the molecule is Fc1ccc(Cl)cc1-c1nc(Nc2ccncc2)c2cccnc2n1. The van der Waals surface area contributed by atoms with Crippen LogP contribution in [0.5, 0.6) is 0 Å². The van der Waals surface area contributed by atoms with E-state index in [2.05, 4.69) is 25.3 Å². The van der Waals surface area contributed by atoms with E-state index in [9.17, 15) is 4.39 Å². The van der Waals surface area contributed by atoms with Crippen LogP contribution < -0.4 is 5.32 Å². The van der Waals surface area contributed by atoms with Gasteiger partial charge in [-0.05, 0) is 42.5 Å². The summed E-state index contributed by atoms with van der Waals surface area (Å²) in [7, 11) is 0. The fraction of sp³-hybridized carbons (Fsp3) is 0. The van der Waals surface area contributed by atoms with E-state index < -0.39 is 5.82 Å². The van der Waals surface area contributed by atoms with Crippen molar-refractivity contribution in [2.24, 2.45) is 0 Å². The summed E-state index contributed by atoms with van der Waals surface area (Å²) in [6, 6.07) is 11.5. The number of hydrogen-bond acceptors (Lipinski definition) is 5.